The van der Waals surface area contributed by atoms with Gasteiger partial charge in [-0.05, 0) is 0 Å². The molecule has 0 amide bonds. The summed E-state index contributed by atoms with van der Waals surface area (Å²) in [7, 11) is 0. The van der Waals surface area contributed by atoms with Crippen LogP contribution in [0.15, 0.2) is 12.4 Å². The molecule has 1 fully saturated rings. The summed E-state index contributed by atoms with van der Waals surface area (Å²) in [6.07, 6.45) is -8.72. The van der Waals surface area contributed by atoms with E-state index in [1.165, 1.54) is 17.0 Å². The van der Waals surface area contributed by atoms with Crippen molar-refractivity contribution < 1.29 is 45.2 Å². The Morgan fingerprint density at radius 1 is 1.00 bits per heavy atom. The van der Waals surface area contributed by atoms with Gasteiger partial charge in [0.25, 0.3) is 0 Å². The monoisotopic (exact) mass is 362 g/mol. The number of aliphatic hydroxyl groups excluding tert-OH is 7. The van der Waals surface area contributed by atoms with Crippen molar-refractivity contribution in [1.82, 2.24) is 9.55 Å². The Kier molecular flexibility index (Phi) is 5.39. The van der Waals surface area contributed by atoms with E-state index in [1.54, 1.807) is 0 Å². The molecule has 9 atom stereocenters. The van der Waals surface area contributed by atoms with Crippen LogP contribution in [0.5, 0.6) is 0 Å². The van der Waals surface area contributed by atoms with E-state index < -0.39 is 68.3 Å². The first-order chi connectivity index (χ1) is 11.9. The molecule has 142 valence electrons. The summed E-state index contributed by atoms with van der Waals surface area (Å²) in [5.74, 6) is 0.153. The number of aliphatic hydroxyl groups is 7. The highest BCUT2D eigenvalue weighted by molar-refractivity contribution is 5.09. The average Bonchev–Trinajstić information content (AvgIpc) is 3.09. The maximum Gasteiger partial charge on any atom is 0.187 e. The van der Waals surface area contributed by atoms with Gasteiger partial charge in [-0.2, -0.15) is 0 Å². The summed E-state index contributed by atoms with van der Waals surface area (Å²) in [6, 6.07) is -0.830. The highest BCUT2D eigenvalue weighted by Crippen LogP contribution is 2.35. The molecular formula is C14H22N2O9. The summed E-state index contributed by atoms with van der Waals surface area (Å²) in [4.78, 5) is 3.93. The lowest BCUT2D eigenvalue weighted by Crippen LogP contribution is -2.61. The largest absolute Gasteiger partial charge is 0.394 e. The lowest BCUT2D eigenvalue weighted by molar-refractivity contribution is -0.325. The molecule has 0 aliphatic carbocycles. The van der Waals surface area contributed by atoms with Crippen molar-refractivity contribution in [3.05, 3.63) is 18.2 Å². The minimum absolute atomic E-state index is 0.153. The number of hydrogen-bond acceptors (Lipinski definition) is 10. The molecule has 3 rings (SSSR count). The molecule has 0 radical (unpaired) electrons. The van der Waals surface area contributed by atoms with Gasteiger partial charge in [0.05, 0.1) is 19.3 Å². The van der Waals surface area contributed by atoms with Crippen molar-refractivity contribution in [2.24, 2.45) is 0 Å². The number of fused-ring (bicyclic) bond motifs is 1. The number of nitrogens with zero attached hydrogens (tertiary/aromatic N) is 2. The normalized spacial score (nSPS) is 44.5. The van der Waals surface area contributed by atoms with Crippen LogP contribution in [0.2, 0.25) is 0 Å². The van der Waals surface area contributed by atoms with Gasteiger partial charge in [-0.3, -0.25) is 0 Å². The number of ether oxygens (including phenoxy) is 2. The van der Waals surface area contributed by atoms with Gasteiger partial charge in [0, 0.05) is 12.4 Å². The summed E-state index contributed by atoms with van der Waals surface area (Å²) >= 11 is 0. The summed E-state index contributed by atoms with van der Waals surface area (Å²) in [5, 5.41) is 69.0. The van der Waals surface area contributed by atoms with Crippen molar-refractivity contribution in [2.45, 2.75) is 55.1 Å². The second-order valence-corrected chi connectivity index (χ2v) is 6.18. The van der Waals surface area contributed by atoms with Gasteiger partial charge in [0.15, 0.2) is 6.29 Å². The van der Waals surface area contributed by atoms with Crippen LogP contribution >= 0.6 is 0 Å². The first-order valence-corrected chi connectivity index (χ1v) is 7.86. The third-order valence-corrected chi connectivity index (χ3v) is 4.69. The molecule has 25 heavy (non-hydrogen) atoms. The van der Waals surface area contributed by atoms with Crippen LogP contribution in [0.3, 0.4) is 0 Å². The standard InChI is InChI=1S/C14H22N2O9/c17-3-5-12(9(21)10(22)13-15-1-2-16(5)13)25-14-11(23)8(20)7(19)6(4-18)24-14/h1-2,5-12,14,17-23H,3-4H2/t5-,6-,7-,8+,9-,10-,11-,12-,14+/m1/s1. The van der Waals surface area contributed by atoms with Crippen LogP contribution in [0.1, 0.15) is 18.0 Å². The Balaban J connectivity index is 1.83. The van der Waals surface area contributed by atoms with E-state index in [-0.39, 0.29) is 5.82 Å². The quantitative estimate of drug-likeness (QED) is 0.279. The molecule has 2 aliphatic heterocycles. The molecule has 1 saturated heterocycles. The molecule has 3 heterocycles. The van der Waals surface area contributed by atoms with Crippen molar-refractivity contribution in [1.29, 1.82) is 0 Å². The van der Waals surface area contributed by atoms with Crippen molar-refractivity contribution in [2.75, 3.05) is 13.2 Å². The minimum atomic E-state index is -1.66. The topological polar surface area (TPSA) is 178 Å². The van der Waals surface area contributed by atoms with E-state index in [4.69, 9.17) is 9.47 Å². The van der Waals surface area contributed by atoms with Crippen LogP contribution in [-0.4, -0.2) is 101 Å². The van der Waals surface area contributed by atoms with E-state index in [0.29, 0.717) is 0 Å². The molecule has 1 aromatic heterocycles. The molecule has 0 unspecified atom stereocenters. The van der Waals surface area contributed by atoms with E-state index in [0.717, 1.165) is 0 Å². The van der Waals surface area contributed by atoms with Gasteiger partial charge in [0.2, 0.25) is 0 Å². The molecule has 11 heteroatoms. The number of imidazole rings is 1. The molecule has 0 spiro atoms. The van der Waals surface area contributed by atoms with Crippen LogP contribution in [-0.2, 0) is 9.47 Å². The van der Waals surface area contributed by atoms with E-state index in [9.17, 15) is 35.7 Å². The van der Waals surface area contributed by atoms with Gasteiger partial charge in [0.1, 0.15) is 48.6 Å². The highest BCUT2D eigenvalue weighted by atomic mass is 16.7. The van der Waals surface area contributed by atoms with Crippen LogP contribution in [0.4, 0.5) is 0 Å². The van der Waals surface area contributed by atoms with E-state index in [2.05, 4.69) is 4.98 Å². The molecule has 7 N–H and O–H groups in total. The number of hydrogen-bond donors (Lipinski definition) is 7. The molecule has 1 aromatic rings. The predicted molar refractivity (Wildman–Crippen MR) is 78.0 cm³/mol. The van der Waals surface area contributed by atoms with Gasteiger partial charge in [-0.25, -0.2) is 4.98 Å². The molecule has 2 aliphatic rings. The second kappa shape index (κ2) is 7.23. The Bertz CT molecular complexity index is 582. The Morgan fingerprint density at radius 3 is 2.36 bits per heavy atom. The number of rotatable bonds is 4. The fourth-order valence-corrected chi connectivity index (χ4v) is 3.25. The third-order valence-electron chi connectivity index (χ3n) is 4.69. The van der Waals surface area contributed by atoms with Gasteiger partial charge in [-0.15, -0.1) is 0 Å². The first kappa shape index (κ1) is 18.6. The van der Waals surface area contributed by atoms with Crippen molar-refractivity contribution in [3.63, 3.8) is 0 Å². The Hall–Kier alpha value is -1.15. The fraction of sp³-hybridized carbons (Fsp3) is 0.786. The predicted octanol–water partition coefficient (Wildman–Crippen LogP) is -3.99. The lowest BCUT2D eigenvalue weighted by Gasteiger charge is -2.44. The molecule has 0 bridgehead atoms. The zero-order chi connectivity index (χ0) is 18.3. The van der Waals surface area contributed by atoms with Crippen molar-refractivity contribution >= 4 is 0 Å². The maximum atomic E-state index is 10.3. The fourth-order valence-electron chi connectivity index (χ4n) is 3.25. The summed E-state index contributed by atoms with van der Waals surface area (Å²) in [5.41, 5.74) is 0. The van der Waals surface area contributed by atoms with Crippen LogP contribution < -0.4 is 0 Å². The average molecular weight is 362 g/mol. The second-order valence-electron chi connectivity index (χ2n) is 6.18. The van der Waals surface area contributed by atoms with E-state index in [1.807, 2.05) is 0 Å². The van der Waals surface area contributed by atoms with Crippen molar-refractivity contribution in [3.8, 4) is 0 Å². The first-order valence-electron chi connectivity index (χ1n) is 7.86. The molecule has 11 nitrogen and oxygen atoms in total. The highest BCUT2D eigenvalue weighted by Gasteiger charge is 2.49. The van der Waals surface area contributed by atoms with E-state index >= 15 is 0 Å². The zero-order valence-electron chi connectivity index (χ0n) is 13.1. The smallest absolute Gasteiger partial charge is 0.187 e. The Morgan fingerprint density at radius 2 is 1.72 bits per heavy atom. The molecule has 0 saturated carbocycles. The Labute approximate surface area is 142 Å². The SMILES string of the molecule is OC[C@@H]1[C@@H](O[C@@H]2O[C@H](CO)[C@@H](O)[C@H](O)[C@H]2O)[C@H](O)[C@@H](O)c2nccn21. The molecule has 0 aromatic carbocycles. The zero-order valence-corrected chi connectivity index (χ0v) is 13.1. The summed E-state index contributed by atoms with van der Waals surface area (Å²) in [6.45, 7) is -1.09. The maximum absolute atomic E-state index is 10.3. The minimum Gasteiger partial charge on any atom is -0.394 e. The summed E-state index contributed by atoms with van der Waals surface area (Å²) < 4.78 is 12.2. The van der Waals surface area contributed by atoms with Gasteiger partial charge < -0.3 is 49.8 Å². The molecular weight excluding hydrogens is 340 g/mol. The third kappa shape index (κ3) is 3.07. The van der Waals surface area contributed by atoms with Gasteiger partial charge in [-0.1, -0.05) is 0 Å². The number of aromatic nitrogens is 2. The van der Waals surface area contributed by atoms with Gasteiger partial charge >= 0.3 is 0 Å². The lowest BCUT2D eigenvalue weighted by atomic mass is 9.95. The van der Waals surface area contributed by atoms with Crippen LogP contribution in [0, 0.1) is 0 Å². The van der Waals surface area contributed by atoms with Crippen LogP contribution in [0.25, 0.3) is 0 Å².